The van der Waals surface area contributed by atoms with Crippen LogP contribution in [0.15, 0.2) is 200 Å². The van der Waals surface area contributed by atoms with Gasteiger partial charge < -0.3 is 4.57 Å². The molecule has 0 bridgehead atoms. The predicted molar refractivity (Wildman–Crippen MR) is 231 cm³/mol. The highest BCUT2D eigenvalue weighted by atomic mass is 15.0. The minimum Gasteiger partial charge on any atom is -0.309 e. The van der Waals surface area contributed by atoms with Crippen molar-refractivity contribution in [1.82, 2.24) is 14.5 Å². The van der Waals surface area contributed by atoms with Gasteiger partial charge in [0.05, 0.1) is 22.4 Å². The quantitative estimate of drug-likeness (QED) is 0.167. The van der Waals surface area contributed by atoms with Crippen molar-refractivity contribution >= 4 is 54.1 Å². The van der Waals surface area contributed by atoms with Gasteiger partial charge in [0.25, 0.3) is 0 Å². The van der Waals surface area contributed by atoms with Gasteiger partial charge in [0.2, 0.25) is 0 Å². The van der Waals surface area contributed by atoms with Crippen molar-refractivity contribution < 1.29 is 0 Å². The highest BCUT2D eigenvalue weighted by Crippen LogP contribution is 2.44. The van der Waals surface area contributed by atoms with Gasteiger partial charge in [-0.25, -0.2) is 9.97 Å². The SMILES string of the molecule is c1ccc(-c2ccc(-c3cc(-c4ccccc4)nc(-c4ccc(-n5c6ccc7ccccc7c6c6c7ccccc7c7ccccc7c65)cc4)n3)cc2)cc1. The number of nitrogens with zero attached hydrogens (tertiary/aromatic N) is 3. The Morgan fingerprint density at radius 1 is 0.327 bits per heavy atom. The Kier molecular flexibility index (Phi) is 7.17. The molecule has 3 nitrogen and oxygen atoms in total. The molecule has 0 saturated heterocycles. The molecule has 0 saturated carbocycles. The summed E-state index contributed by atoms with van der Waals surface area (Å²) in [6, 6.07) is 71.4. The van der Waals surface area contributed by atoms with Crippen LogP contribution in [0.2, 0.25) is 0 Å². The average molecular weight is 700 g/mol. The lowest BCUT2D eigenvalue weighted by molar-refractivity contribution is 1.17. The molecular weight excluding hydrogens is 667 g/mol. The summed E-state index contributed by atoms with van der Waals surface area (Å²) in [7, 11) is 0. The fraction of sp³-hybridized carbons (Fsp3) is 0. The summed E-state index contributed by atoms with van der Waals surface area (Å²) in [5.41, 5.74) is 10.7. The highest BCUT2D eigenvalue weighted by molar-refractivity contribution is 6.35. The molecule has 0 unspecified atom stereocenters. The molecule has 0 aliphatic heterocycles. The molecule has 0 N–H and O–H groups in total. The molecule has 0 aliphatic carbocycles. The van der Waals surface area contributed by atoms with E-state index in [2.05, 4.69) is 193 Å². The van der Waals surface area contributed by atoms with E-state index in [9.17, 15) is 0 Å². The summed E-state index contributed by atoms with van der Waals surface area (Å²) in [4.78, 5) is 10.3. The number of aromatic nitrogens is 3. The van der Waals surface area contributed by atoms with Gasteiger partial charge in [0, 0.05) is 38.5 Å². The lowest BCUT2D eigenvalue weighted by Gasteiger charge is -2.13. The van der Waals surface area contributed by atoms with Crippen molar-refractivity contribution in [3.05, 3.63) is 200 Å². The van der Waals surface area contributed by atoms with Crippen molar-refractivity contribution in [1.29, 1.82) is 0 Å². The van der Waals surface area contributed by atoms with Crippen molar-refractivity contribution in [2.75, 3.05) is 0 Å². The topological polar surface area (TPSA) is 30.7 Å². The molecule has 0 amide bonds. The van der Waals surface area contributed by atoms with Gasteiger partial charge in [0.15, 0.2) is 5.82 Å². The van der Waals surface area contributed by atoms with E-state index in [1.807, 2.05) is 12.1 Å². The molecule has 0 radical (unpaired) electrons. The standard InChI is InChI=1S/C52H33N3/c1-3-13-34(14-4-1)35-23-25-38(26-24-35)47-33-46(37-16-5-2-6-17-37)53-52(54-47)39-27-30-40(31-28-39)55-48-32-29-36-15-7-8-18-41(36)49(48)50-44-21-11-9-19-42(44)43-20-10-12-22-45(43)51(50)55/h1-33H. The normalized spacial score (nSPS) is 11.6. The number of benzene rings is 9. The van der Waals surface area contributed by atoms with Gasteiger partial charge in [-0.05, 0) is 74.5 Å². The van der Waals surface area contributed by atoms with Crippen LogP contribution in [-0.2, 0) is 0 Å². The van der Waals surface area contributed by atoms with Crippen molar-refractivity contribution in [3.63, 3.8) is 0 Å². The first kappa shape index (κ1) is 31.2. The summed E-state index contributed by atoms with van der Waals surface area (Å²) >= 11 is 0. The van der Waals surface area contributed by atoms with Crippen molar-refractivity contribution in [3.8, 4) is 50.7 Å². The molecular formula is C52H33N3. The number of rotatable bonds is 5. The molecule has 0 spiro atoms. The number of fused-ring (bicyclic) bond motifs is 10. The van der Waals surface area contributed by atoms with Crippen LogP contribution in [0.5, 0.6) is 0 Å². The smallest absolute Gasteiger partial charge is 0.160 e. The molecule has 2 aromatic heterocycles. The third-order valence-corrected chi connectivity index (χ3v) is 11.0. The number of hydrogen-bond donors (Lipinski definition) is 0. The van der Waals surface area contributed by atoms with Gasteiger partial charge in [-0.2, -0.15) is 0 Å². The van der Waals surface area contributed by atoms with Gasteiger partial charge in [-0.1, -0.05) is 164 Å². The Bertz CT molecular complexity index is 3220. The van der Waals surface area contributed by atoms with E-state index in [0.29, 0.717) is 5.82 Å². The molecule has 11 aromatic rings. The zero-order valence-electron chi connectivity index (χ0n) is 29.9. The summed E-state index contributed by atoms with van der Waals surface area (Å²) in [6.45, 7) is 0. The van der Waals surface area contributed by atoms with Crippen LogP contribution in [0.4, 0.5) is 0 Å². The zero-order valence-corrected chi connectivity index (χ0v) is 29.9. The van der Waals surface area contributed by atoms with Gasteiger partial charge in [0.1, 0.15) is 0 Å². The Hall–Kier alpha value is -7.36. The molecule has 3 heteroatoms. The minimum atomic E-state index is 0.694. The first-order valence-corrected chi connectivity index (χ1v) is 18.7. The van der Waals surface area contributed by atoms with E-state index in [1.165, 1.54) is 65.3 Å². The highest BCUT2D eigenvalue weighted by Gasteiger charge is 2.21. The predicted octanol–water partition coefficient (Wildman–Crippen LogP) is 13.7. The van der Waals surface area contributed by atoms with Crippen molar-refractivity contribution in [2.24, 2.45) is 0 Å². The fourth-order valence-electron chi connectivity index (χ4n) is 8.41. The summed E-state index contributed by atoms with van der Waals surface area (Å²) in [5, 5.41) is 10.1. The van der Waals surface area contributed by atoms with E-state index < -0.39 is 0 Å². The van der Waals surface area contributed by atoms with Gasteiger partial charge >= 0.3 is 0 Å². The number of hydrogen-bond acceptors (Lipinski definition) is 2. The zero-order chi connectivity index (χ0) is 36.3. The lowest BCUT2D eigenvalue weighted by Crippen LogP contribution is -1.98. The van der Waals surface area contributed by atoms with Crippen molar-refractivity contribution in [2.45, 2.75) is 0 Å². The van der Waals surface area contributed by atoms with Crippen LogP contribution in [0.1, 0.15) is 0 Å². The molecule has 0 aliphatic rings. The third-order valence-electron chi connectivity index (χ3n) is 11.0. The first-order chi connectivity index (χ1) is 27.3. The summed E-state index contributed by atoms with van der Waals surface area (Å²) in [6.07, 6.45) is 0. The Labute approximate surface area is 318 Å². The van der Waals surface area contributed by atoms with Gasteiger partial charge in [-0.15, -0.1) is 0 Å². The Morgan fingerprint density at radius 2 is 0.818 bits per heavy atom. The molecule has 256 valence electrons. The largest absolute Gasteiger partial charge is 0.309 e. The maximum Gasteiger partial charge on any atom is 0.160 e. The second kappa shape index (κ2) is 12.6. The van der Waals surface area contributed by atoms with Crippen LogP contribution < -0.4 is 0 Å². The Morgan fingerprint density at radius 3 is 1.51 bits per heavy atom. The maximum absolute atomic E-state index is 5.19. The Balaban J connectivity index is 1.10. The van der Waals surface area contributed by atoms with E-state index in [-0.39, 0.29) is 0 Å². The maximum atomic E-state index is 5.19. The molecule has 11 rings (SSSR count). The average Bonchev–Trinajstić information content (AvgIpc) is 3.63. The molecule has 0 atom stereocenters. The molecule has 0 fully saturated rings. The van der Waals surface area contributed by atoms with E-state index >= 15 is 0 Å². The lowest BCUT2D eigenvalue weighted by atomic mass is 9.95. The van der Waals surface area contributed by atoms with Crippen LogP contribution in [-0.4, -0.2) is 14.5 Å². The molecule has 55 heavy (non-hydrogen) atoms. The van der Waals surface area contributed by atoms with E-state index in [0.717, 1.165) is 33.8 Å². The third kappa shape index (κ3) is 5.13. The van der Waals surface area contributed by atoms with Gasteiger partial charge in [-0.3, -0.25) is 0 Å². The van der Waals surface area contributed by atoms with Crippen LogP contribution >= 0.6 is 0 Å². The van der Waals surface area contributed by atoms with E-state index in [1.54, 1.807) is 0 Å². The fourth-order valence-corrected chi connectivity index (χ4v) is 8.41. The van der Waals surface area contributed by atoms with Crippen LogP contribution in [0, 0.1) is 0 Å². The second-order valence-corrected chi connectivity index (χ2v) is 14.1. The first-order valence-electron chi connectivity index (χ1n) is 18.7. The molecule has 9 aromatic carbocycles. The van der Waals surface area contributed by atoms with Crippen LogP contribution in [0.3, 0.4) is 0 Å². The van der Waals surface area contributed by atoms with Crippen LogP contribution in [0.25, 0.3) is 105 Å². The molecule has 2 heterocycles. The summed E-state index contributed by atoms with van der Waals surface area (Å²) in [5.74, 6) is 0.694. The van der Waals surface area contributed by atoms with E-state index in [4.69, 9.17) is 9.97 Å². The summed E-state index contributed by atoms with van der Waals surface area (Å²) < 4.78 is 2.45. The second-order valence-electron chi connectivity index (χ2n) is 14.1. The monoisotopic (exact) mass is 699 g/mol. The minimum absolute atomic E-state index is 0.694.